The summed E-state index contributed by atoms with van der Waals surface area (Å²) in [5, 5.41) is 0. The molecule has 0 saturated carbocycles. The van der Waals surface area contributed by atoms with Crippen molar-refractivity contribution in [1.82, 2.24) is 19.9 Å². The maximum Gasteiger partial charge on any atom is 0.294 e. The van der Waals surface area contributed by atoms with E-state index in [4.69, 9.17) is 4.98 Å². The molecule has 0 fully saturated rings. The maximum absolute atomic E-state index is 11.4. The van der Waals surface area contributed by atoms with Crippen LogP contribution in [0.3, 0.4) is 0 Å². The van der Waals surface area contributed by atoms with Crippen molar-refractivity contribution in [3.05, 3.63) is 89.5 Å². The van der Waals surface area contributed by atoms with Crippen LogP contribution in [0.2, 0.25) is 0 Å². The zero-order chi connectivity index (χ0) is 23.3. The molecule has 0 saturated heterocycles. The van der Waals surface area contributed by atoms with Gasteiger partial charge in [0.2, 0.25) is 0 Å². The van der Waals surface area contributed by atoms with Crippen molar-refractivity contribution in [2.45, 2.75) is 4.90 Å². The molecule has 3 aromatic heterocycles. The molecule has 5 heterocycles. The minimum Gasteiger partial charge on any atom is -0.355 e. The molecule has 166 valence electrons. The van der Waals surface area contributed by atoms with Gasteiger partial charge in [-0.3, -0.25) is 4.55 Å². The lowest BCUT2D eigenvalue weighted by atomic mass is 10.1. The summed E-state index contributed by atoms with van der Waals surface area (Å²) >= 11 is 0. The lowest BCUT2D eigenvalue weighted by Gasteiger charge is -2.01. The van der Waals surface area contributed by atoms with Gasteiger partial charge >= 0.3 is 0 Å². The fourth-order valence-corrected chi connectivity index (χ4v) is 4.54. The van der Waals surface area contributed by atoms with Gasteiger partial charge in [0.15, 0.2) is 0 Å². The van der Waals surface area contributed by atoms with Crippen LogP contribution in [0.1, 0.15) is 22.8 Å². The molecule has 2 aliphatic heterocycles. The number of rotatable bonds is 2. The quantitative estimate of drug-likeness (QED) is 0.289. The number of hydrogen-bond acceptors (Lipinski definition) is 4. The van der Waals surface area contributed by atoms with Crippen LogP contribution in [0.25, 0.3) is 57.5 Å². The van der Waals surface area contributed by atoms with Gasteiger partial charge in [0.1, 0.15) is 0 Å². The molecule has 1 aromatic carbocycles. The summed E-state index contributed by atoms with van der Waals surface area (Å²) in [5.41, 5.74) is 8.52. The molecule has 0 amide bonds. The number of aromatic amines is 2. The summed E-state index contributed by atoms with van der Waals surface area (Å²) in [4.78, 5) is 16.0. The first-order chi connectivity index (χ1) is 16.4. The third-order valence-electron chi connectivity index (χ3n) is 5.63. The first kappa shape index (κ1) is 20.3. The summed E-state index contributed by atoms with van der Waals surface area (Å²) in [6, 6.07) is 20.0. The fourth-order valence-electron chi connectivity index (χ4n) is 4.06. The minimum atomic E-state index is -4.26. The van der Waals surface area contributed by atoms with Crippen molar-refractivity contribution < 1.29 is 13.0 Å². The summed E-state index contributed by atoms with van der Waals surface area (Å²) in [6.45, 7) is 0. The van der Waals surface area contributed by atoms with Crippen LogP contribution in [0.4, 0.5) is 0 Å². The average molecular weight is 467 g/mol. The van der Waals surface area contributed by atoms with Gasteiger partial charge in [-0.05, 0) is 84.5 Å². The van der Waals surface area contributed by atoms with Gasteiger partial charge in [-0.25, -0.2) is 9.97 Å². The maximum atomic E-state index is 11.4. The number of benzene rings is 1. The zero-order valence-corrected chi connectivity index (χ0v) is 18.5. The number of H-pyrrole nitrogens is 2. The Morgan fingerprint density at radius 2 is 1.15 bits per heavy atom. The van der Waals surface area contributed by atoms with Crippen LogP contribution >= 0.6 is 0 Å². The molecule has 0 aliphatic carbocycles. The van der Waals surface area contributed by atoms with E-state index in [2.05, 4.69) is 15.0 Å². The SMILES string of the molecule is O=S(=O)(O)c1ccc(-c2cc3cc4nc(cc5ccc(cc6nc(cc2[nH]3)C=C6)[nH]5)C=C4)cc1. The van der Waals surface area contributed by atoms with Crippen LogP contribution < -0.4 is 0 Å². The Bertz CT molecular complexity index is 1780. The van der Waals surface area contributed by atoms with Gasteiger partial charge in [-0.2, -0.15) is 8.42 Å². The van der Waals surface area contributed by atoms with Crippen molar-refractivity contribution in [2.75, 3.05) is 0 Å². The third kappa shape index (κ3) is 3.96. The molecule has 0 radical (unpaired) electrons. The van der Waals surface area contributed by atoms with Gasteiger partial charge in [0, 0.05) is 27.6 Å². The van der Waals surface area contributed by atoms with Crippen LogP contribution in [0.5, 0.6) is 0 Å². The van der Waals surface area contributed by atoms with Crippen molar-refractivity contribution in [1.29, 1.82) is 0 Å². The molecular weight excluding hydrogens is 448 g/mol. The van der Waals surface area contributed by atoms with Crippen molar-refractivity contribution in [3.63, 3.8) is 0 Å². The second kappa shape index (κ2) is 7.65. The first-order valence-corrected chi connectivity index (χ1v) is 12.0. The summed E-state index contributed by atoms with van der Waals surface area (Å²) in [6.07, 6.45) is 7.81. The Balaban J connectivity index is 1.61. The number of aromatic nitrogens is 4. The van der Waals surface area contributed by atoms with Crippen molar-refractivity contribution in [2.24, 2.45) is 0 Å². The molecule has 34 heavy (non-hydrogen) atoms. The van der Waals surface area contributed by atoms with E-state index >= 15 is 0 Å². The molecule has 0 spiro atoms. The van der Waals surface area contributed by atoms with Gasteiger partial charge < -0.3 is 9.97 Å². The molecule has 4 aromatic rings. The average Bonchev–Trinajstić information content (AvgIpc) is 3.58. The number of fused-ring (bicyclic) bond motifs is 8. The molecule has 0 atom stereocenters. The Morgan fingerprint density at radius 1 is 0.618 bits per heavy atom. The molecule has 2 aliphatic rings. The monoisotopic (exact) mass is 466 g/mol. The Kier molecular flexibility index (Phi) is 4.58. The van der Waals surface area contributed by atoms with Crippen molar-refractivity contribution >= 4 is 56.5 Å². The number of nitrogens with one attached hydrogen (secondary N) is 2. The van der Waals surface area contributed by atoms with E-state index in [0.29, 0.717) is 0 Å². The second-order valence-electron chi connectivity index (χ2n) is 8.09. The van der Waals surface area contributed by atoms with E-state index in [-0.39, 0.29) is 4.90 Å². The van der Waals surface area contributed by atoms with Gasteiger partial charge in [-0.15, -0.1) is 0 Å². The molecule has 0 unspecified atom stereocenters. The standard InChI is InChI=1S/C26H18N4O3S/c31-34(32,33)24-9-1-16(2-10-24)25-14-23-13-21-6-5-19(28-21)11-17-3-4-18(27-17)12-20-7-8-22(29-20)15-26(25)30-23/h1-15,27,30H,(H,31,32,33). The van der Waals surface area contributed by atoms with E-state index in [1.807, 2.05) is 66.8 Å². The van der Waals surface area contributed by atoms with Gasteiger partial charge in [0.25, 0.3) is 10.1 Å². The van der Waals surface area contributed by atoms with Crippen LogP contribution in [-0.2, 0) is 10.1 Å². The molecule has 3 N–H and O–H groups in total. The molecule has 8 bridgehead atoms. The topological polar surface area (TPSA) is 112 Å². The van der Waals surface area contributed by atoms with Crippen LogP contribution in [0.15, 0.2) is 71.6 Å². The lowest BCUT2D eigenvalue weighted by Crippen LogP contribution is -1.97. The normalized spacial score (nSPS) is 12.9. The Labute approximate surface area is 194 Å². The number of nitrogens with zero attached hydrogens (tertiary/aromatic N) is 2. The summed E-state index contributed by atoms with van der Waals surface area (Å²) in [5.74, 6) is 0. The predicted molar refractivity (Wildman–Crippen MR) is 134 cm³/mol. The highest BCUT2D eigenvalue weighted by Gasteiger charge is 2.11. The minimum absolute atomic E-state index is 0.149. The van der Waals surface area contributed by atoms with E-state index in [1.54, 1.807) is 12.1 Å². The van der Waals surface area contributed by atoms with Crippen LogP contribution in [0, 0.1) is 0 Å². The van der Waals surface area contributed by atoms with E-state index in [0.717, 1.165) is 56.0 Å². The Hall–Kier alpha value is -4.27. The van der Waals surface area contributed by atoms with Crippen LogP contribution in [-0.4, -0.2) is 32.9 Å². The number of hydrogen-bond donors (Lipinski definition) is 3. The predicted octanol–water partition coefficient (Wildman–Crippen LogP) is 5.57. The second-order valence-corrected chi connectivity index (χ2v) is 9.51. The first-order valence-electron chi connectivity index (χ1n) is 10.6. The molecule has 8 heteroatoms. The smallest absolute Gasteiger partial charge is 0.294 e. The highest BCUT2D eigenvalue weighted by Crippen LogP contribution is 2.28. The van der Waals surface area contributed by atoms with E-state index < -0.39 is 10.1 Å². The molecule has 6 rings (SSSR count). The Morgan fingerprint density at radius 3 is 1.71 bits per heavy atom. The fraction of sp³-hybridized carbons (Fsp3) is 0. The zero-order valence-electron chi connectivity index (χ0n) is 17.7. The highest BCUT2D eigenvalue weighted by atomic mass is 32.2. The third-order valence-corrected chi connectivity index (χ3v) is 6.50. The van der Waals surface area contributed by atoms with Gasteiger partial charge in [0.05, 0.1) is 27.7 Å². The van der Waals surface area contributed by atoms with E-state index in [1.165, 1.54) is 12.1 Å². The van der Waals surface area contributed by atoms with Crippen molar-refractivity contribution in [3.8, 4) is 11.1 Å². The van der Waals surface area contributed by atoms with Gasteiger partial charge in [-0.1, -0.05) is 12.1 Å². The molecular formula is C26H18N4O3S. The van der Waals surface area contributed by atoms with E-state index in [9.17, 15) is 13.0 Å². The highest BCUT2D eigenvalue weighted by molar-refractivity contribution is 7.85. The summed E-state index contributed by atoms with van der Waals surface area (Å²) in [7, 11) is -4.26. The summed E-state index contributed by atoms with van der Waals surface area (Å²) < 4.78 is 32.2. The largest absolute Gasteiger partial charge is 0.355 e. The molecule has 7 nitrogen and oxygen atoms in total. The lowest BCUT2D eigenvalue weighted by molar-refractivity contribution is 0.483.